The topological polar surface area (TPSA) is 67.9 Å². The zero-order valence-electron chi connectivity index (χ0n) is 20.2. The number of carbonyl (C=O) groups excluding carboxylic acids is 2. The molecule has 1 N–H and O–H groups in total. The van der Waals surface area contributed by atoms with Crippen LogP contribution in [0.25, 0.3) is 0 Å². The molecule has 1 aliphatic heterocycles. The van der Waals surface area contributed by atoms with Gasteiger partial charge in [-0.05, 0) is 36.1 Å². The number of allylic oxidation sites excluding steroid dienone is 1. The number of ketones is 1. The van der Waals surface area contributed by atoms with Crippen LogP contribution in [0.4, 0.5) is 11.4 Å². The molecule has 0 saturated carbocycles. The van der Waals surface area contributed by atoms with Gasteiger partial charge in [-0.2, -0.15) is 0 Å². The minimum Gasteiger partial charge on any atom is -0.497 e. The first-order valence-corrected chi connectivity index (χ1v) is 11.3. The molecule has 2 aromatic rings. The Morgan fingerprint density at radius 1 is 1.09 bits per heavy atom. The quantitative estimate of drug-likeness (QED) is 0.669. The molecular weight excluding hydrogens is 416 g/mol. The second-order valence-corrected chi connectivity index (χ2v) is 9.85. The summed E-state index contributed by atoms with van der Waals surface area (Å²) in [5, 5.41) is 3.53. The summed E-state index contributed by atoms with van der Waals surface area (Å²) in [6, 6.07) is 12.7. The summed E-state index contributed by atoms with van der Waals surface area (Å²) in [6.07, 6.45) is 1.13. The van der Waals surface area contributed by atoms with Crippen molar-refractivity contribution in [3.05, 3.63) is 59.3 Å². The fourth-order valence-corrected chi connectivity index (χ4v) is 4.85. The maximum absolute atomic E-state index is 13.7. The van der Waals surface area contributed by atoms with E-state index in [4.69, 9.17) is 9.47 Å². The Hall–Kier alpha value is -3.28. The minimum atomic E-state index is -0.615. The van der Waals surface area contributed by atoms with E-state index in [1.807, 2.05) is 50.2 Å². The lowest BCUT2D eigenvalue weighted by molar-refractivity contribution is -0.122. The largest absolute Gasteiger partial charge is 0.497 e. The molecule has 6 heteroatoms. The highest BCUT2D eigenvalue weighted by molar-refractivity contribution is 6.07. The fraction of sp³-hybridized carbons (Fsp3) is 0.407. The lowest BCUT2D eigenvalue weighted by Crippen LogP contribution is -2.41. The number of Topliss-reactive ketones (excluding diaryl/α,β-unsaturated/α-hetero) is 1. The summed E-state index contributed by atoms with van der Waals surface area (Å²) < 4.78 is 11.1. The predicted molar refractivity (Wildman–Crippen MR) is 130 cm³/mol. The van der Waals surface area contributed by atoms with Crippen molar-refractivity contribution in [3.63, 3.8) is 0 Å². The highest BCUT2D eigenvalue weighted by Gasteiger charge is 2.44. The van der Waals surface area contributed by atoms with Crippen LogP contribution < -0.4 is 19.7 Å². The summed E-state index contributed by atoms with van der Waals surface area (Å²) in [4.78, 5) is 29.2. The molecule has 6 nitrogen and oxygen atoms in total. The van der Waals surface area contributed by atoms with Crippen molar-refractivity contribution in [1.82, 2.24) is 0 Å². The Bertz CT molecular complexity index is 1130. The summed E-state index contributed by atoms with van der Waals surface area (Å²) in [7, 11) is 3.19. The number of amides is 1. The normalized spacial score (nSPS) is 19.4. The second kappa shape index (κ2) is 8.58. The lowest BCUT2D eigenvalue weighted by Gasteiger charge is -2.38. The Morgan fingerprint density at radius 3 is 2.48 bits per heavy atom. The molecule has 1 amide bonds. The molecule has 2 aromatic carbocycles. The van der Waals surface area contributed by atoms with Gasteiger partial charge in [0, 0.05) is 35.2 Å². The van der Waals surface area contributed by atoms with Crippen molar-refractivity contribution in [2.24, 2.45) is 11.3 Å². The molecule has 33 heavy (non-hydrogen) atoms. The van der Waals surface area contributed by atoms with E-state index in [-0.39, 0.29) is 23.0 Å². The number of hydrogen-bond acceptors (Lipinski definition) is 5. The number of benzene rings is 2. The lowest BCUT2D eigenvalue weighted by atomic mass is 9.73. The predicted octanol–water partition coefficient (Wildman–Crippen LogP) is 5.50. The number of nitrogens with zero attached hydrogens (tertiary/aromatic N) is 1. The fourth-order valence-electron chi connectivity index (χ4n) is 4.85. The van der Waals surface area contributed by atoms with Crippen LogP contribution in [-0.4, -0.2) is 25.9 Å². The number of para-hydroxylation sites is 2. The SMILES string of the molecule is COc1ccc([C@@H]2C3=C(CC(C)(C)CC3=O)Nc3ccccc3N2C(=O)C(C)C)c(OC)c1. The first kappa shape index (κ1) is 22.9. The Kier molecular flexibility index (Phi) is 5.95. The highest BCUT2D eigenvalue weighted by atomic mass is 16.5. The number of fused-ring (bicyclic) bond motifs is 1. The molecular formula is C27H32N2O4. The van der Waals surface area contributed by atoms with Crippen LogP contribution in [0, 0.1) is 11.3 Å². The maximum atomic E-state index is 13.7. The highest BCUT2D eigenvalue weighted by Crippen LogP contribution is 2.50. The number of anilines is 2. The van der Waals surface area contributed by atoms with Gasteiger partial charge in [0.05, 0.1) is 31.6 Å². The third-order valence-electron chi connectivity index (χ3n) is 6.37. The molecule has 174 valence electrons. The molecule has 0 bridgehead atoms. The van der Waals surface area contributed by atoms with Crippen LogP contribution in [0.1, 0.15) is 52.1 Å². The van der Waals surface area contributed by atoms with E-state index < -0.39 is 6.04 Å². The van der Waals surface area contributed by atoms with Gasteiger partial charge in [-0.15, -0.1) is 0 Å². The Labute approximate surface area is 195 Å². The Morgan fingerprint density at radius 2 is 1.82 bits per heavy atom. The van der Waals surface area contributed by atoms with Crippen LogP contribution in [0.15, 0.2) is 53.7 Å². The van der Waals surface area contributed by atoms with Gasteiger partial charge < -0.3 is 14.8 Å². The third-order valence-corrected chi connectivity index (χ3v) is 6.37. The van der Waals surface area contributed by atoms with E-state index in [0.29, 0.717) is 29.9 Å². The molecule has 2 aliphatic rings. The molecule has 0 saturated heterocycles. The number of methoxy groups -OCH3 is 2. The van der Waals surface area contributed by atoms with Crippen molar-refractivity contribution >= 4 is 23.1 Å². The zero-order chi connectivity index (χ0) is 23.9. The molecule has 0 fully saturated rings. The number of ether oxygens (including phenoxy) is 2. The second-order valence-electron chi connectivity index (χ2n) is 9.85. The van der Waals surface area contributed by atoms with E-state index in [1.165, 1.54) is 0 Å². The van der Waals surface area contributed by atoms with Gasteiger partial charge in [-0.1, -0.05) is 39.8 Å². The van der Waals surface area contributed by atoms with Crippen molar-refractivity contribution in [3.8, 4) is 11.5 Å². The molecule has 0 aromatic heterocycles. The summed E-state index contributed by atoms with van der Waals surface area (Å²) >= 11 is 0. The van der Waals surface area contributed by atoms with Gasteiger partial charge >= 0.3 is 0 Å². The molecule has 1 heterocycles. The van der Waals surface area contributed by atoms with Crippen molar-refractivity contribution in [2.75, 3.05) is 24.4 Å². The summed E-state index contributed by atoms with van der Waals surface area (Å²) in [5.41, 5.74) is 3.64. The number of hydrogen-bond donors (Lipinski definition) is 1. The standard InChI is InChI=1S/C27H32N2O4/c1-16(2)26(31)29-21-10-8-7-9-19(21)28-20-14-27(3,4)15-22(30)24(20)25(29)18-12-11-17(32-5)13-23(18)33-6/h7-13,16,25,28H,14-15H2,1-6H3/t25-/m1/s1. The average molecular weight is 449 g/mol. The average Bonchev–Trinajstić information content (AvgIpc) is 2.91. The van der Waals surface area contributed by atoms with E-state index >= 15 is 0 Å². The van der Waals surface area contributed by atoms with Gasteiger partial charge in [-0.25, -0.2) is 0 Å². The molecule has 0 radical (unpaired) electrons. The van der Waals surface area contributed by atoms with Crippen molar-refractivity contribution in [1.29, 1.82) is 0 Å². The van der Waals surface area contributed by atoms with E-state index in [0.717, 1.165) is 22.6 Å². The van der Waals surface area contributed by atoms with Gasteiger partial charge in [0.15, 0.2) is 5.78 Å². The molecule has 0 spiro atoms. The van der Waals surface area contributed by atoms with Crippen molar-refractivity contribution < 1.29 is 19.1 Å². The molecule has 0 unspecified atom stereocenters. The van der Waals surface area contributed by atoms with Gasteiger partial charge in [0.1, 0.15) is 11.5 Å². The molecule has 1 aliphatic carbocycles. The number of carbonyl (C=O) groups is 2. The summed E-state index contributed by atoms with van der Waals surface area (Å²) in [6.45, 7) is 7.97. The van der Waals surface area contributed by atoms with Gasteiger partial charge in [0.25, 0.3) is 0 Å². The van der Waals surface area contributed by atoms with E-state index in [1.54, 1.807) is 25.2 Å². The summed E-state index contributed by atoms with van der Waals surface area (Å²) in [5.74, 6) is 0.950. The van der Waals surface area contributed by atoms with Crippen molar-refractivity contribution in [2.45, 2.75) is 46.6 Å². The first-order chi connectivity index (χ1) is 15.7. The number of rotatable bonds is 4. The minimum absolute atomic E-state index is 0.0472. The van der Waals surface area contributed by atoms with Crippen LogP contribution in [0.3, 0.4) is 0 Å². The first-order valence-electron chi connectivity index (χ1n) is 11.3. The van der Waals surface area contributed by atoms with Crippen LogP contribution in [0.2, 0.25) is 0 Å². The monoisotopic (exact) mass is 448 g/mol. The maximum Gasteiger partial charge on any atom is 0.230 e. The van der Waals surface area contributed by atoms with Crippen LogP contribution in [-0.2, 0) is 9.59 Å². The van der Waals surface area contributed by atoms with Gasteiger partial charge in [0.2, 0.25) is 5.91 Å². The number of nitrogens with one attached hydrogen (secondary N) is 1. The smallest absolute Gasteiger partial charge is 0.230 e. The third kappa shape index (κ3) is 4.10. The van der Waals surface area contributed by atoms with E-state index in [9.17, 15) is 9.59 Å². The molecule has 4 rings (SSSR count). The van der Waals surface area contributed by atoms with Crippen LogP contribution >= 0.6 is 0 Å². The van der Waals surface area contributed by atoms with E-state index in [2.05, 4.69) is 19.2 Å². The van der Waals surface area contributed by atoms with Crippen LogP contribution in [0.5, 0.6) is 11.5 Å². The molecule has 1 atom stereocenters. The van der Waals surface area contributed by atoms with Gasteiger partial charge in [-0.3, -0.25) is 14.5 Å². The zero-order valence-corrected chi connectivity index (χ0v) is 20.2. The Balaban J connectivity index is 2.05.